The Labute approximate surface area is 159 Å². The van der Waals surface area contributed by atoms with Crippen molar-refractivity contribution in [2.75, 3.05) is 18.0 Å². The van der Waals surface area contributed by atoms with Gasteiger partial charge in [0.25, 0.3) is 0 Å². The van der Waals surface area contributed by atoms with E-state index in [-0.39, 0.29) is 5.69 Å². The highest BCUT2D eigenvalue weighted by Gasteiger charge is 2.24. The topological polar surface area (TPSA) is 52.8 Å². The molecule has 0 radical (unpaired) electrons. The van der Waals surface area contributed by atoms with E-state index in [9.17, 15) is 0 Å². The van der Waals surface area contributed by atoms with Crippen molar-refractivity contribution in [2.45, 2.75) is 18.8 Å². The monoisotopic (exact) mass is 388 g/mol. The highest BCUT2D eigenvalue weighted by atomic mass is 35.5. The normalized spacial score (nSPS) is 15.5. The molecule has 0 unspecified atom stereocenters. The van der Waals surface area contributed by atoms with Crippen molar-refractivity contribution in [1.82, 2.24) is 9.97 Å². The second-order valence-corrected chi connectivity index (χ2v) is 7.94. The number of halogens is 2. The van der Waals surface area contributed by atoms with Crippen molar-refractivity contribution in [2.24, 2.45) is 0 Å². The SMILES string of the molecule is N#Cc1nc(N2CCC(c3nc4cc(Cl)ccc4s3)CC2)ccc1Cl. The van der Waals surface area contributed by atoms with Gasteiger partial charge in [0, 0.05) is 24.0 Å². The number of pyridine rings is 1. The largest absolute Gasteiger partial charge is 0.357 e. The standard InChI is InChI=1S/C18H14Cl2N4S/c19-12-1-3-16-14(9-12)23-18(25-16)11-5-7-24(8-6-11)17-4-2-13(20)15(10-21)22-17/h1-4,9,11H,5-8H2. The van der Waals surface area contributed by atoms with Gasteiger partial charge >= 0.3 is 0 Å². The van der Waals surface area contributed by atoms with Crippen LogP contribution in [-0.2, 0) is 0 Å². The number of aromatic nitrogens is 2. The number of thiazole rings is 1. The molecule has 4 rings (SSSR count). The molecule has 3 heterocycles. The van der Waals surface area contributed by atoms with Crippen LogP contribution in [0.15, 0.2) is 30.3 Å². The molecule has 2 aromatic heterocycles. The molecule has 1 fully saturated rings. The number of piperidine rings is 1. The van der Waals surface area contributed by atoms with E-state index in [1.165, 1.54) is 9.71 Å². The summed E-state index contributed by atoms with van der Waals surface area (Å²) in [6.07, 6.45) is 2.03. The zero-order chi connectivity index (χ0) is 17.4. The van der Waals surface area contributed by atoms with Crippen LogP contribution in [0, 0.1) is 11.3 Å². The number of rotatable bonds is 2. The summed E-state index contributed by atoms with van der Waals surface area (Å²) in [6, 6.07) is 11.5. The van der Waals surface area contributed by atoms with Crippen molar-refractivity contribution in [3.05, 3.63) is 51.1 Å². The van der Waals surface area contributed by atoms with Crippen LogP contribution in [0.3, 0.4) is 0 Å². The van der Waals surface area contributed by atoms with Gasteiger partial charge in [-0.1, -0.05) is 23.2 Å². The molecule has 1 aromatic carbocycles. The van der Waals surface area contributed by atoms with Crippen molar-refractivity contribution in [1.29, 1.82) is 5.26 Å². The Kier molecular flexibility index (Phi) is 4.51. The average Bonchev–Trinajstić information content (AvgIpc) is 3.05. The maximum absolute atomic E-state index is 9.09. The Morgan fingerprint density at radius 1 is 1.12 bits per heavy atom. The molecular formula is C18H14Cl2N4S. The van der Waals surface area contributed by atoms with Gasteiger partial charge in [-0.25, -0.2) is 9.97 Å². The van der Waals surface area contributed by atoms with Crippen molar-refractivity contribution in [3.63, 3.8) is 0 Å². The van der Waals surface area contributed by atoms with Gasteiger partial charge in [-0.05, 0) is 43.2 Å². The maximum Gasteiger partial charge on any atom is 0.161 e. The van der Waals surface area contributed by atoms with Crippen molar-refractivity contribution < 1.29 is 0 Å². The summed E-state index contributed by atoms with van der Waals surface area (Å²) in [6.45, 7) is 1.78. The lowest BCUT2D eigenvalue weighted by Crippen LogP contribution is -2.33. The Hall–Kier alpha value is -1.87. The summed E-state index contributed by atoms with van der Waals surface area (Å²) in [5, 5.41) is 11.4. The number of nitrogens with zero attached hydrogens (tertiary/aromatic N) is 4. The molecular weight excluding hydrogens is 375 g/mol. The molecule has 25 heavy (non-hydrogen) atoms. The average molecular weight is 389 g/mol. The molecule has 3 aromatic rings. The van der Waals surface area contributed by atoms with Crippen LogP contribution in [0.2, 0.25) is 10.0 Å². The minimum absolute atomic E-state index is 0.282. The van der Waals surface area contributed by atoms with E-state index in [0.717, 1.165) is 42.3 Å². The number of nitriles is 1. The summed E-state index contributed by atoms with van der Waals surface area (Å²) in [7, 11) is 0. The Bertz CT molecular complexity index is 971. The van der Waals surface area contributed by atoms with Crippen LogP contribution in [0.5, 0.6) is 0 Å². The van der Waals surface area contributed by atoms with Crippen molar-refractivity contribution in [3.8, 4) is 6.07 Å². The lowest BCUT2D eigenvalue weighted by molar-refractivity contribution is 0.501. The van der Waals surface area contributed by atoms with Gasteiger partial charge < -0.3 is 4.90 Å². The molecule has 0 spiro atoms. The molecule has 0 aliphatic carbocycles. The summed E-state index contributed by atoms with van der Waals surface area (Å²) in [5.41, 5.74) is 1.26. The lowest BCUT2D eigenvalue weighted by Gasteiger charge is -2.32. The van der Waals surface area contributed by atoms with Gasteiger partial charge in [-0.3, -0.25) is 0 Å². The molecule has 1 aliphatic rings. The van der Waals surface area contributed by atoms with Crippen LogP contribution in [0.4, 0.5) is 5.82 Å². The van der Waals surface area contributed by atoms with Gasteiger partial charge in [0.05, 0.1) is 20.2 Å². The fourth-order valence-corrected chi connectivity index (χ4v) is 4.57. The predicted molar refractivity (Wildman–Crippen MR) is 103 cm³/mol. The van der Waals surface area contributed by atoms with E-state index in [4.69, 9.17) is 33.4 Å². The summed E-state index contributed by atoms with van der Waals surface area (Å²) >= 11 is 13.8. The number of fused-ring (bicyclic) bond motifs is 1. The molecule has 1 saturated heterocycles. The third kappa shape index (κ3) is 3.30. The second kappa shape index (κ2) is 6.80. The molecule has 4 nitrogen and oxygen atoms in total. The van der Waals surface area contributed by atoms with E-state index in [0.29, 0.717) is 10.9 Å². The van der Waals surface area contributed by atoms with Crippen LogP contribution in [0.25, 0.3) is 10.2 Å². The molecule has 0 bridgehead atoms. The van der Waals surface area contributed by atoms with Crippen LogP contribution in [0.1, 0.15) is 29.5 Å². The molecule has 1 aliphatic heterocycles. The fourth-order valence-electron chi connectivity index (χ4n) is 3.13. The highest BCUT2D eigenvalue weighted by molar-refractivity contribution is 7.18. The van der Waals surface area contributed by atoms with Gasteiger partial charge in [0.1, 0.15) is 11.9 Å². The zero-order valence-electron chi connectivity index (χ0n) is 13.2. The number of anilines is 1. The lowest BCUT2D eigenvalue weighted by atomic mass is 9.97. The van der Waals surface area contributed by atoms with Crippen LogP contribution in [-0.4, -0.2) is 23.1 Å². The van der Waals surface area contributed by atoms with Gasteiger partial charge in [0.2, 0.25) is 0 Å². The Balaban J connectivity index is 1.50. The minimum atomic E-state index is 0.282. The molecule has 126 valence electrons. The first-order valence-corrected chi connectivity index (χ1v) is 9.59. The van der Waals surface area contributed by atoms with Gasteiger partial charge in [-0.15, -0.1) is 11.3 Å². The summed E-state index contributed by atoms with van der Waals surface area (Å²) in [4.78, 5) is 11.3. The number of hydrogen-bond donors (Lipinski definition) is 0. The molecule has 0 N–H and O–H groups in total. The molecule has 0 saturated carbocycles. The van der Waals surface area contributed by atoms with Gasteiger partial charge in [-0.2, -0.15) is 5.26 Å². The van der Waals surface area contributed by atoms with Crippen molar-refractivity contribution >= 4 is 50.6 Å². The quantitative estimate of drug-likeness (QED) is 0.600. The minimum Gasteiger partial charge on any atom is -0.357 e. The smallest absolute Gasteiger partial charge is 0.161 e. The maximum atomic E-state index is 9.09. The van der Waals surface area contributed by atoms with E-state index in [2.05, 4.69) is 9.88 Å². The van der Waals surface area contributed by atoms with E-state index < -0.39 is 0 Å². The van der Waals surface area contributed by atoms with E-state index in [1.807, 2.05) is 30.3 Å². The predicted octanol–water partition coefficient (Wildman–Crippen LogP) is 5.25. The summed E-state index contributed by atoms with van der Waals surface area (Å²) in [5.74, 6) is 1.27. The third-order valence-corrected chi connectivity index (χ3v) is 6.21. The first kappa shape index (κ1) is 16.6. The molecule has 0 amide bonds. The Morgan fingerprint density at radius 3 is 2.68 bits per heavy atom. The Morgan fingerprint density at radius 2 is 1.92 bits per heavy atom. The number of benzene rings is 1. The first-order valence-electron chi connectivity index (χ1n) is 8.01. The number of hydrogen-bond acceptors (Lipinski definition) is 5. The second-order valence-electron chi connectivity index (χ2n) is 6.04. The highest BCUT2D eigenvalue weighted by Crippen LogP contribution is 2.35. The molecule has 7 heteroatoms. The van der Waals surface area contributed by atoms with Crippen LogP contribution < -0.4 is 4.90 Å². The zero-order valence-corrected chi connectivity index (χ0v) is 15.6. The van der Waals surface area contributed by atoms with Gasteiger partial charge in [0.15, 0.2) is 5.69 Å². The molecule has 0 atom stereocenters. The summed E-state index contributed by atoms with van der Waals surface area (Å²) < 4.78 is 1.18. The van der Waals surface area contributed by atoms with E-state index in [1.54, 1.807) is 17.4 Å². The first-order chi connectivity index (χ1) is 12.1. The fraction of sp³-hybridized carbons (Fsp3) is 0.278. The van der Waals surface area contributed by atoms with E-state index >= 15 is 0 Å². The third-order valence-electron chi connectivity index (χ3n) is 4.47. The van der Waals surface area contributed by atoms with Crippen LogP contribution >= 0.6 is 34.5 Å².